The molecule has 26 heavy (non-hydrogen) atoms. The SMILES string of the molecule is CCCCCCCCCCCC(=O)NCC(=O)NC(C)c1ccccc1. The van der Waals surface area contributed by atoms with E-state index in [1.807, 2.05) is 37.3 Å². The summed E-state index contributed by atoms with van der Waals surface area (Å²) in [5, 5.41) is 5.62. The van der Waals surface area contributed by atoms with Crippen molar-refractivity contribution in [1.29, 1.82) is 0 Å². The first kappa shape index (κ1) is 22.2. The van der Waals surface area contributed by atoms with Gasteiger partial charge in [-0.2, -0.15) is 0 Å². The smallest absolute Gasteiger partial charge is 0.239 e. The summed E-state index contributed by atoms with van der Waals surface area (Å²) in [4.78, 5) is 23.7. The Morgan fingerprint density at radius 1 is 0.846 bits per heavy atom. The van der Waals surface area contributed by atoms with Crippen LogP contribution in [0.1, 0.15) is 89.7 Å². The predicted octanol–water partition coefficient (Wildman–Crippen LogP) is 4.90. The van der Waals surface area contributed by atoms with E-state index in [0.717, 1.165) is 18.4 Å². The van der Waals surface area contributed by atoms with E-state index in [1.165, 1.54) is 44.9 Å². The van der Waals surface area contributed by atoms with Gasteiger partial charge in [-0.15, -0.1) is 0 Å². The number of unbranched alkanes of at least 4 members (excludes halogenated alkanes) is 8. The van der Waals surface area contributed by atoms with E-state index in [2.05, 4.69) is 17.6 Å². The molecular weight excluding hydrogens is 324 g/mol. The van der Waals surface area contributed by atoms with Crippen LogP contribution in [-0.2, 0) is 9.59 Å². The van der Waals surface area contributed by atoms with E-state index in [1.54, 1.807) is 0 Å². The van der Waals surface area contributed by atoms with Crippen LogP contribution < -0.4 is 10.6 Å². The van der Waals surface area contributed by atoms with E-state index >= 15 is 0 Å². The summed E-state index contributed by atoms with van der Waals surface area (Å²) in [6.07, 6.45) is 11.6. The lowest BCUT2D eigenvalue weighted by Crippen LogP contribution is -2.37. The average Bonchev–Trinajstić information content (AvgIpc) is 2.65. The lowest BCUT2D eigenvalue weighted by Gasteiger charge is -2.14. The van der Waals surface area contributed by atoms with Gasteiger partial charge < -0.3 is 10.6 Å². The maximum absolute atomic E-state index is 11.9. The summed E-state index contributed by atoms with van der Waals surface area (Å²) in [5.41, 5.74) is 1.06. The monoisotopic (exact) mass is 360 g/mol. The van der Waals surface area contributed by atoms with Gasteiger partial charge in [0.2, 0.25) is 11.8 Å². The minimum absolute atomic E-state index is 0.0320. The van der Waals surface area contributed by atoms with Crippen LogP contribution in [-0.4, -0.2) is 18.4 Å². The molecule has 2 N–H and O–H groups in total. The first-order valence-electron chi connectivity index (χ1n) is 10.2. The highest BCUT2D eigenvalue weighted by Crippen LogP contribution is 2.11. The normalized spacial score (nSPS) is 11.8. The van der Waals surface area contributed by atoms with Crippen molar-refractivity contribution < 1.29 is 9.59 Å². The topological polar surface area (TPSA) is 58.2 Å². The highest BCUT2D eigenvalue weighted by Gasteiger charge is 2.10. The third-order valence-electron chi connectivity index (χ3n) is 4.63. The summed E-state index contributed by atoms with van der Waals surface area (Å²) in [5.74, 6) is -0.183. The average molecular weight is 361 g/mol. The van der Waals surface area contributed by atoms with Crippen LogP contribution in [0.4, 0.5) is 0 Å². The highest BCUT2D eigenvalue weighted by atomic mass is 16.2. The Morgan fingerprint density at radius 2 is 1.42 bits per heavy atom. The van der Waals surface area contributed by atoms with E-state index < -0.39 is 0 Å². The summed E-state index contributed by atoms with van der Waals surface area (Å²) in [7, 11) is 0. The van der Waals surface area contributed by atoms with Crippen LogP contribution in [0.5, 0.6) is 0 Å². The molecule has 2 amide bonds. The van der Waals surface area contributed by atoms with Gasteiger partial charge in [0.15, 0.2) is 0 Å². The molecule has 0 heterocycles. The number of amides is 2. The van der Waals surface area contributed by atoms with Crippen LogP contribution in [0.2, 0.25) is 0 Å². The minimum Gasteiger partial charge on any atom is -0.348 e. The minimum atomic E-state index is -0.151. The van der Waals surface area contributed by atoms with Crippen molar-refractivity contribution in [3.05, 3.63) is 35.9 Å². The van der Waals surface area contributed by atoms with Gasteiger partial charge in [-0.25, -0.2) is 0 Å². The Balaban J connectivity index is 2.01. The lowest BCUT2D eigenvalue weighted by atomic mass is 10.1. The molecule has 0 saturated carbocycles. The molecule has 0 aliphatic rings. The van der Waals surface area contributed by atoms with E-state index in [0.29, 0.717) is 6.42 Å². The zero-order valence-electron chi connectivity index (χ0n) is 16.6. The van der Waals surface area contributed by atoms with Gasteiger partial charge in [-0.3, -0.25) is 9.59 Å². The van der Waals surface area contributed by atoms with Gasteiger partial charge in [-0.1, -0.05) is 88.6 Å². The van der Waals surface area contributed by atoms with Gasteiger partial charge >= 0.3 is 0 Å². The zero-order chi connectivity index (χ0) is 19.0. The fourth-order valence-corrected chi connectivity index (χ4v) is 2.98. The number of benzene rings is 1. The molecule has 0 radical (unpaired) electrons. The van der Waals surface area contributed by atoms with Crippen LogP contribution in [0.25, 0.3) is 0 Å². The lowest BCUT2D eigenvalue weighted by molar-refractivity contribution is -0.126. The summed E-state index contributed by atoms with van der Waals surface area (Å²) >= 11 is 0. The Bertz CT molecular complexity index is 502. The predicted molar refractivity (Wildman–Crippen MR) is 108 cm³/mol. The largest absolute Gasteiger partial charge is 0.348 e. The number of nitrogens with one attached hydrogen (secondary N) is 2. The summed E-state index contributed by atoms with van der Waals surface area (Å²) in [6.45, 7) is 4.23. The second kappa shape index (κ2) is 14.3. The summed E-state index contributed by atoms with van der Waals surface area (Å²) in [6, 6.07) is 9.75. The van der Waals surface area contributed by atoms with Gasteiger partial charge in [-0.05, 0) is 18.9 Å². The van der Waals surface area contributed by atoms with Crippen molar-refractivity contribution in [2.24, 2.45) is 0 Å². The molecule has 0 fully saturated rings. The number of carbonyl (C=O) groups excluding carboxylic acids is 2. The number of hydrogen-bond donors (Lipinski definition) is 2. The molecule has 146 valence electrons. The second-order valence-corrected chi connectivity index (χ2v) is 7.06. The van der Waals surface area contributed by atoms with E-state index in [9.17, 15) is 9.59 Å². The van der Waals surface area contributed by atoms with Crippen LogP contribution >= 0.6 is 0 Å². The van der Waals surface area contributed by atoms with Crippen molar-refractivity contribution in [3.8, 4) is 0 Å². The maximum Gasteiger partial charge on any atom is 0.239 e. The number of rotatable bonds is 14. The molecule has 0 spiro atoms. The molecule has 1 atom stereocenters. The fraction of sp³-hybridized carbons (Fsp3) is 0.636. The molecule has 0 bridgehead atoms. The van der Waals surface area contributed by atoms with Crippen LogP contribution in [0.15, 0.2) is 30.3 Å². The first-order valence-corrected chi connectivity index (χ1v) is 10.2. The van der Waals surface area contributed by atoms with Crippen molar-refractivity contribution in [1.82, 2.24) is 10.6 Å². The molecule has 4 nitrogen and oxygen atoms in total. The fourth-order valence-electron chi connectivity index (χ4n) is 2.98. The van der Waals surface area contributed by atoms with Crippen molar-refractivity contribution >= 4 is 11.8 Å². The Labute approximate surface area is 159 Å². The Kier molecular flexibility index (Phi) is 12.2. The molecule has 0 aliphatic heterocycles. The molecular formula is C22H36N2O2. The van der Waals surface area contributed by atoms with E-state index in [4.69, 9.17) is 0 Å². The van der Waals surface area contributed by atoms with Gasteiger partial charge in [0.1, 0.15) is 0 Å². The maximum atomic E-state index is 11.9. The third-order valence-corrected chi connectivity index (χ3v) is 4.63. The van der Waals surface area contributed by atoms with Gasteiger partial charge in [0.25, 0.3) is 0 Å². The van der Waals surface area contributed by atoms with Gasteiger partial charge in [0, 0.05) is 6.42 Å². The Morgan fingerprint density at radius 3 is 2.04 bits per heavy atom. The van der Waals surface area contributed by atoms with Crippen LogP contribution in [0.3, 0.4) is 0 Å². The molecule has 1 aromatic carbocycles. The Hall–Kier alpha value is -1.84. The summed E-state index contributed by atoms with van der Waals surface area (Å²) < 4.78 is 0. The standard InChI is InChI=1S/C22H36N2O2/c1-3-4-5-6-7-8-9-10-14-17-21(25)23-18-22(26)24-19(2)20-15-12-11-13-16-20/h11-13,15-16,19H,3-10,14,17-18H2,1-2H3,(H,23,25)(H,24,26). The molecule has 4 heteroatoms. The van der Waals surface area contributed by atoms with Crippen molar-refractivity contribution in [3.63, 3.8) is 0 Å². The number of hydrogen-bond acceptors (Lipinski definition) is 2. The molecule has 1 aromatic rings. The molecule has 1 rings (SSSR count). The quantitative estimate of drug-likeness (QED) is 0.464. The first-order chi connectivity index (χ1) is 12.6. The van der Waals surface area contributed by atoms with Crippen molar-refractivity contribution in [2.45, 2.75) is 84.1 Å². The third kappa shape index (κ3) is 10.9. The molecule has 0 aromatic heterocycles. The molecule has 1 unspecified atom stereocenters. The highest BCUT2D eigenvalue weighted by molar-refractivity contribution is 5.84. The van der Waals surface area contributed by atoms with E-state index in [-0.39, 0.29) is 24.4 Å². The second-order valence-electron chi connectivity index (χ2n) is 7.06. The molecule has 0 saturated heterocycles. The van der Waals surface area contributed by atoms with Crippen LogP contribution in [0, 0.1) is 0 Å². The number of carbonyl (C=O) groups is 2. The van der Waals surface area contributed by atoms with Gasteiger partial charge in [0.05, 0.1) is 12.6 Å². The zero-order valence-corrected chi connectivity index (χ0v) is 16.6. The van der Waals surface area contributed by atoms with Crippen molar-refractivity contribution in [2.75, 3.05) is 6.54 Å². The molecule has 0 aliphatic carbocycles.